The van der Waals surface area contributed by atoms with Crippen molar-refractivity contribution in [1.82, 2.24) is 0 Å². The zero-order valence-electron chi connectivity index (χ0n) is 11.3. The number of fused-ring (bicyclic) bond motifs is 1. The highest BCUT2D eigenvalue weighted by Crippen LogP contribution is 2.36. The van der Waals surface area contributed by atoms with E-state index >= 15 is 0 Å². The van der Waals surface area contributed by atoms with Crippen LogP contribution in [0.4, 0.5) is 5.69 Å². The minimum absolute atomic E-state index is 0.322. The monoisotopic (exact) mass is 264 g/mol. The molecule has 0 aromatic heterocycles. The van der Waals surface area contributed by atoms with Crippen molar-refractivity contribution in [3.63, 3.8) is 0 Å². The molecule has 2 rings (SSSR count). The van der Waals surface area contributed by atoms with Gasteiger partial charge in [0.1, 0.15) is 11.3 Å². The minimum atomic E-state index is -1.20. The maximum absolute atomic E-state index is 11.4. The number of carboxylic acids is 1. The van der Waals surface area contributed by atoms with Crippen molar-refractivity contribution in [3.8, 4) is 5.75 Å². The molecule has 0 spiro atoms. The Labute approximate surface area is 113 Å². The van der Waals surface area contributed by atoms with Crippen LogP contribution in [0.15, 0.2) is 18.2 Å². The Balaban J connectivity index is 2.47. The molecular formula is C14H20N2O3. The van der Waals surface area contributed by atoms with Crippen LogP contribution < -0.4 is 15.4 Å². The molecule has 1 aliphatic rings. The quantitative estimate of drug-likeness (QED) is 0.859. The molecule has 0 aliphatic carbocycles. The van der Waals surface area contributed by atoms with E-state index in [2.05, 4.69) is 0 Å². The van der Waals surface area contributed by atoms with Crippen LogP contribution in [0, 0.1) is 0 Å². The second kappa shape index (κ2) is 5.09. The summed E-state index contributed by atoms with van der Waals surface area (Å²) >= 11 is 0. The summed E-state index contributed by atoms with van der Waals surface area (Å²) in [6.07, 6.45) is 0.738. The molecule has 0 amide bonds. The van der Waals surface area contributed by atoms with Crippen molar-refractivity contribution in [2.24, 2.45) is 5.73 Å². The summed E-state index contributed by atoms with van der Waals surface area (Å²) in [7, 11) is 1.94. The van der Waals surface area contributed by atoms with Gasteiger partial charge in [0.2, 0.25) is 0 Å². The second-order valence-corrected chi connectivity index (χ2v) is 5.01. The van der Waals surface area contributed by atoms with Crippen LogP contribution in [-0.4, -0.2) is 36.8 Å². The van der Waals surface area contributed by atoms with E-state index in [1.165, 1.54) is 0 Å². The summed E-state index contributed by atoms with van der Waals surface area (Å²) in [5.41, 5.74) is 6.72. The third kappa shape index (κ3) is 2.51. The number of hydrogen-bond donors (Lipinski definition) is 2. The smallest absolute Gasteiger partial charge is 0.324 e. The highest BCUT2D eigenvalue weighted by atomic mass is 16.5. The molecule has 0 bridgehead atoms. The number of ether oxygens (including phenoxy) is 1. The first-order chi connectivity index (χ1) is 8.98. The minimum Gasteiger partial charge on any atom is -0.492 e. The number of benzene rings is 1. The Bertz CT molecular complexity index is 490. The van der Waals surface area contributed by atoms with Gasteiger partial charge in [-0.3, -0.25) is 4.79 Å². The van der Waals surface area contributed by atoms with E-state index in [1.807, 2.05) is 37.1 Å². The van der Waals surface area contributed by atoms with Gasteiger partial charge in [0.25, 0.3) is 0 Å². The van der Waals surface area contributed by atoms with Gasteiger partial charge in [-0.1, -0.05) is 12.1 Å². The topological polar surface area (TPSA) is 75.8 Å². The molecule has 0 radical (unpaired) electrons. The predicted molar refractivity (Wildman–Crippen MR) is 73.8 cm³/mol. The van der Waals surface area contributed by atoms with Crippen molar-refractivity contribution >= 4 is 11.7 Å². The van der Waals surface area contributed by atoms with Crippen molar-refractivity contribution in [3.05, 3.63) is 23.8 Å². The van der Waals surface area contributed by atoms with Crippen LogP contribution in [-0.2, 0) is 11.2 Å². The summed E-state index contributed by atoms with van der Waals surface area (Å²) in [5.74, 6) is -0.160. The Morgan fingerprint density at radius 3 is 2.95 bits per heavy atom. The number of para-hydroxylation sites is 1. The largest absolute Gasteiger partial charge is 0.492 e. The first-order valence-corrected chi connectivity index (χ1v) is 6.46. The highest BCUT2D eigenvalue weighted by Gasteiger charge is 2.38. The van der Waals surface area contributed by atoms with Crippen molar-refractivity contribution in [1.29, 1.82) is 0 Å². The molecule has 1 aliphatic heterocycles. The molecule has 104 valence electrons. The standard InChI is InChI=1S/C14H20N2O3/c1-3-19-11-6-4-5-10-9-14(15,13(17)18)7-8-16(2)12(10)11/h4-6H,3,7-9,15H2,1-2H3,(H,17,18). The Kier molecular flexibility index (Phi) is 3.66. The molecule has 0 fully saturated rings. The number of hydrogen-bond acceptors (Lipinski definition) is 4. The number of carbonyl (C=O) groups is 1. The van der Waals surface area contributed by atoms with E-state index < -0.39 is 11.5 Å². The van der Waals surface area contributed by atoms with Gasteiger partial charge < -0.3 is 20.5 Å². The average Bonchev–Trinajstić information content (AvgIpc) is 2.49. The molecule has 1 atom stereocenters. The maximum atomic E-state index is 11.4. The fraction of sp³-hybridized carbons (Fsp3) is 0.500. The number of nitrogens with zero attached hydrogens (tertiary/aromatic N) is 1. The molecule has 5 heteroatoms. The highest BCUT2D eigenvalue weighted by molar-refractivity contribution is 5.80. The lowest BCUT2D eigenvalue weighted by Crippen LogP contribution is -2.50. The van der Waals surface area contributed by atoms with Crippen LogP contribution >= 0.6 is 0 Å². The van der Waals surface area contributed by atoms with Gasteiger partial charge in [-0.05, 0) is 25.0 Å². The average molecular weight is 264 g/mol. The van der Waals surface area contributed by atoms with Crippen LogP contribution in [0.25, 0.3) is 0 Å². The van der Waals surface area contributed by atoms with Gasteiger partial charge in [0.05, 0.1) is 12.3 Å². The SMILES string of the molecule is CCOc1cccc2c1N(C)CCC(N)(C(=O)O)C2. The molecule has 3 N–H and O–H groups in total. The van der Waals surface area contributed by atoms with Gasteiger partial charge in [-0.2, -0.15) is 0 Å². The Morgan fingerprint density at radius 1 is 1.58 bits per heavy atom. The number of carboxylic acid groups (broad SMARTS) is 1. The number of anilines is 1. The van der Waals surface area contributed by atoms with Crippen molar-refractivity contribution in [2.75, 3.05) is 25.1 Å². The summed E-state index contributed by atoms with van der Waals surface area (Å²) in [5, 5.41) is 9.33. The first-order valence-electron chi connectivity index (χ1n) is 6.46. The summed E-state index contributed by atoms with van der Waals surface area (Å²) in [6, 6.07) is 5.71. The van der Waals surface area contributed by atoms with Crippen LogP contribution in [0.2, 0.25) is 0 Å². The lowest BCUT2D eigenvalue weighted by molar-refractivity contribution is -0.143. The molecule has 1 heterocycles. The fourth-order valence-corrected chi connectivity index (χ4v) is 2.51. The van der Waals surface area contributed by atoms with Gasteiger partial charge in [0.15, 0.2) is 0 Å². The first kappa shape index (κ1) is 13.7. The molecule has 0 saturated heterocycles. The Morgan fingerprint density at radius 2 is 2.32 bits per heavy atom. The van der Waals surface area contributed by atoms with Crippen molar-refractivity contribution in [2.45, 2.75) is 25.3 Å². The zero-order chi connectivity index (χ0) is 14.0. The number of aliphatic carboxylic acids is 1. The van der Waals surface area contributed by atoms with Crippen LogP contribution in [0.1, 0.15) is 18.9 Å². The molecule has 1 aromatic rings. The molecule has 5 nitrogen and oxygen atoms in total. The summed E-state index contributed by atoms with van der Waals surface area (Å²) in [4.78, 5) is 13.4. The molecule has 1 aromatic carbocycles. The van der Waals surface area contributed by atoms with E-state index in [0.717, 1.165) is 17.0 Å². The van der Waals surface area contributed by atoms with E-state index in [1.54, 1.807) is 0 Å². The maximum Gasteiger partial charge on any atom is 0.324 e. The second-order valence-electron chi connectivity index (χ2n) is 5.01. The van der Waals surface area contributed by atoms with E-state index in [9.17, 15) is 9.90 Å². The summed E-state index contributed by atoms with van der Waals surface area (Å²) in [6.45, 7) is 3.11. The third-order valence-corrected chi connectivity index (χ3v) is 3.59. The lowest BCUT2D eigenvalue weighted by atomic mass is 9.89. The molecule has 19 heavy (non-hydrogen) atoms. The van der Waals surface area contributed by atoms with Gasteiger partial charge >= 0.3 is 5.97 Å². The van der Waals surface area contributed by atoms with E-state index in [-0.39, 0.29) is 0 Å². The molecule has 0 saturated carbocycles. The van der Waals surface area contributed by atoms with Gasteiger partial charge in [0, 0.05) is 20.0 Å². The summed E-state index contributed by atoms with van der Waals surface area (Å²) < 4.78 is 5.63. The lowest BCUT2D eigenvalue weighted by Gasteiger charge is -2.22. The Hall–Kier alpha value is -1.75. The van der Waals surface area contributed by atoms with Gasteiger partial charge in [-0.15, -0.1) is 0 Å². The fourth-order valence-electron chi connectivity index (χ4n) is 2.51. The predicted octanol–water partition coefficient (Wildman–Crippen LogP) is 1.25. The molecular weight excluding hydrogens is 244 g/mol. The van der Waals surface area contributed by atoms with E-state index in [4.69, 9.17) is 10.5 Å². The van der Waals surface area contributed by atoms with E-state index in [0.29, 0.717) is 26.0 Å². The molecule has 1 unspecified atom stereocenters. The number of nitrogens with two attached hydrogens (primary N) is 1. The van der Waals surface area contributed by atoms with Crippen LogP contribution in [0.3, 0.4) is 0 Å². The zero-order valence-corrected chi connectivity index (χ0v) is 11.3. The van der Waals surface area contributed by atoms with Crippen molar-refractivity contribution < 1.29 is 14.6 Å². The normalized spacial score (nSPS) is 22.6. The number of rotatable bonds is 3. The third-order valence-electron chi connectivity index (χ3n) is 3.59. The van der Waals surface area contributed by atoms with Crippen LogP contribution in [0.5, 0.6) is 5.75 Å². The van der Waals surface area contributed by atoms with Gasteiger partial charge in [-0.25, -0.2) is 0 Å².